The number of hydrogen-bond acceptors (Lipinski definition) is 4. The Morgan fingerprint density at radius 3 is 2.58 bits per heavy atom. The zero-order valence-corrected chi connectivity index (χ0v) is 18.8. The highest BCUT2D eigenvalue weighted by Gasteiger charge is 2.37. The van der Waals surface area contributed by atoms with E-state index in [1.165, 1.54) is 16.7 Å². The average molecular weight is 449 g/mol. The van der Waals surface area contributed by atoms with Gasteiger partial charge in [0.1, 0.15) is 11.5 Å². The summed E-state index contributed by atoms with van der Waals surface area (Å²) in [7, 11) is 1.62. The first kappa shape index (κ1) is 23.9. The predicted molar refractivity (Wildman–Crippen MR) is 121 cm³/mol. The Morgan fingerprint density at radius 2 is 1.97 bits per heavy atom. The molecule has 7 nitrogen and oxygen atoms in total. The monoisotopic (exact) mass is 449 g/mol. The van der Waals surface area contributed by atoms with Gasteiger partial charge >= 0.3 is 0 Å². The first-order valence-corrected chi connectivity index (χ1v) is 10.4. The number of hydrogen-bond donors (Lipinski definition) is 1. The number of halogens is 1. The van der Waals surface area contributed by atoms with E-state index in [2.05, 4.69) is 16.1 Å². The van der Waals surface area contributed by atoms with E-state index in [4.69, 9.17) is 17.7 Å². The molecule has 1 saturated heterocycles. The fourth-order valence-corrected chi connectivity index (χ4v) is 4.16. The van der Waals surface area contributed by atoms with Gasteiger partial charge in [0, 0.05) is 43.5 Å². The second-order valence-corrected chi connectivity index (χ2v) is 8.19. The van der Waals surface area contributed by atoms with E-state index in [1.54, 1.807) is 20.9 Å². The number of Topliss-reactive ketones (excluding diaryl/α,β-unsaturated/α-hetero) is 2. The number of aromatic nitrogens is 1. The minimum absolute atomic E-state index is 0.0734. The van der Waals surface area contributed by atoms with Gasteiger partial charge < -0.3 is 14.6 Å². The number of carbonyl (C=O) groups is 3. The Balaban J connectivity index is 1.88. The molecule has 1 aromatic carbocycles. The summed E-state index contributed by atoms with van der Waals surface area (Å²) in [5, 5.41) is 2.62. The topological polar surface area (TPSA) is 81.8 Å². The van der Waals surface area contributed by atoms with Gasteiger partial charge in [0.15, 0.2) is 0 Å². The largest absolute Gasteiger partial charge is 0.381 e. The summed E-state index contributed by atoms with van der Waals surface area (Å²) in [6.07, 6.45) is 6.63. The highest BCUT2D eigenvalue weighted by Crippen LogP contribution is 2.34. The molecule has 33 heavy (non-hydrogen) atoms. The highest BCUT2D eigenvalue weighted by molar-refractivity contribution is 6.44. The van der Waals surface area contributed by atoms with Crippen molar-refractivity contribution in [1.82, 2.24) is 4.57 Å². The molecule has 1 N–H and O–H groups in total. The quantitative estimate of drug-likeness (QED) is 0.311. The number of anilines is 1. The van der Waals surface area contributed by atoms with Crippen LogP contribution in [-0.4, -0.2) is 35.3 Å². The normalized spacial score (nSPS) is 14.7. The van der Waals surface area contributed by atoms with Crippen LogP contribution in [0.25, 0.3) is 4.85 Å². The number of nitrogens with zero attached hydrogens (tertiary/aromatic N) is 2. The van der Waals surface area contributed by atoms with Crippen molar-refractivity contribution in [3.63, 3.8) is 0 Å². The highest BCUT2D eigenvalue weighted by atomic mass is 19.1. The van der Waals surface area contributed by atoms with Crippen molar-refractivity contribution in [3.05, 3.63) is 57.9 Å². The number of rotatable bonds is 6. The molecule has 0 radical (unpaired) electrons. The van der Waals surface area contributed by atoms with Crippen molar-refractivity contribution in [2.75, 3.05) is 18.5 Å². The molecule has 1 aliphatic heterocycles. The van der Waals surface area contributed by atoms with E-state index in [-0.39, 0.29) is 29.1 Å². The summed E-state index contributed by atoms with van der Waals surface area (Å²) in [6, 6.07) is 3.67. The van der Waals surface area contributed by atoms with Crippen LogP contribution in [0.15, 0.2) is 18.2 Å². The Bertz CT molecular complexity index is 1220. The molecule has 0 bridgehead atoms. The average Bonchev–Trinajstić information content (AvgIpc) is 3.03. The lowest BCUT2D eigenvalue weighted by Gasteiger charge is -2.31. The van der Waals surface area contributed by atoms with Crippen molar-refractivity contribution in [2.45, 2.75) is 33.1 Å². The van der Waals surface area contributed by atoms with Crippen LogP contribution in [0.4, 0.5) is 15.8 Å². The Hall–Kier alpha value is -3.75. The summed E-state index contributed by atoms with van der Waals surface area (Å²) in [6.45, 7) is 11.2. The van der Waals surface area contributed by atoms with Gasteiger partial charge in [0.05, 0.1) is 12.1 Å². The number of carbonyl (C=O) groups excluding carboxylic acids is 3. The van der Waals surface area contributed by atoms with E-state index in [0.29, 0.717) is 37.3 Å². The van der Waals surface area contributed by atoms with Gasteiger partial charge in [-0.05, 0) is 50.5 Å². The zero-order valence-electron chi connectivity index (χ0n) is 18.8. The molecule has 0 atom stereocenters. The van der Waals surface area contributed by atoms with Crippen LogP contribution < -0.4 is 5.32 Å². The Morgan fingerprint density at radius 1 is 1.30 bits per heavy atom. The summed E-state index contributed by atoms with van der Waals surface area (Å²) < 4.78 is 20.4. The fourth-order valence-electron chi connectivity index (χ4n) is 4.16. The third-order valence-corrected chi connectivity index (χ3v) is 6.21. The smallest absolute Gasteiger partial charge is 0.272 e. The first-order valence-electron chi connectivity index (χ1n) is 10.4. The minimum Gasteiger partial charge on any atom is -0.381 e. The van der Waals surface area contributed by atoms with Crippen LogP contribution in [0.1, 0.15) is 51.4 Å². The molecule has 1 fully saturated rings. The predicted octanol–water partition coefficient (Wildman–Crippen LogP) is 4.16. The molecule has 170 valence electrons. The van der Waals surface area contributed by atoms with Gasteiger partial charge in [-0.15, -0.1) is 6.42 Å². The van der Waals surface area contributed by atoms with Gasteiger partial charge in [-0.25, -0.2) is 9.24 Å². The number of amides is 1. The van der Waals surface area contributed by atoms with Gasteiger partial charge in [0.2, 0.25) is 17.3 Å². The number of ether oxygens (including phenoxy) is 1. The van der Waals surface area contributed by atoms with Crippen molar-refractivity contribution in [2.24, 2.45) is 12.5 Å². The SMILES string of the molecule is [C-]#[N+]c1cc(NC(=O)c2c(C)c(C(=O)C(=O)CC3(C#C)CCOCC3)c(C)n2C)ccc1F. The summed E-state index contributed by atoms with van der Waals surface area (Å²) >= 11 is 0. The van der Waals surface area contributed by atoms with Crippen LogP contribution in [0.3, 0.4) is 0 Å². The Kier molecular flexibility index (Phi) is 6.81. The van der Waals surface area contributed by atoms with E-state index >= 15 is 0 Å². The van der Waals surface area contributed by atoms with Crippen LogP contribution >= 0.6 is 0 Å². The first-order chi connectivity index (χ1) is 15.6. The molecule has 8 heteroatoms. The maximum atomic E-state index is 13.6. The molecular weight excluding hydrogens is 425 g/mol. The van der Waals surface area contributed by atoms with Crippen LogP contribution in [0, 0.1) is 44.0 Å². The third kappa shape index (κ3) is 4.57. The van der Waals surface area contributed by atoms with Crippen LogP contribution in [-0.2, 0) is 16.6 Å². The van der Waals surface area contributed by atoms with Crippen molar-refractivity contribution in [1.29, 1.82) is 0 Å². The van der Waals surface area contributed by atoms with Gasteiger partial charge in [-0.1, -0.05) is 5.92 Å². The number of ketones is 2. The van der Waals surface area contributed by atoms with E-state index < -0.39 is 28.7 Å². The maximum absolute atomic E-state index is 13.6. The zero-order chi connectivity index (χ0) is 24.3. The van der Waals surface area contributed by atoms with E-state index in [0.717, 1.165) is 6.07 Å². The minimum atomic E-state index is -0.703. The molecule has 0 saturated carbocycles. The summed E-state index contributed by atoms with van der Waals surface area (Å²) in [5.74, 6) is 0.178. The molecule has 2 aromatic rings. The second-order valence-electron chi connectivity index (χ2n) is 8.19. The molecule has 0 aliphatic carbocycles. The Labute approximate surface area is 191 Å². The molecule has 0 unspecified atom stereocenters. The third-order valence-electron chi connectivity index (χ3n) is 6.21. The van der Waals surface area contributed by atoms with Gasteiger partial charge in [-0.3, -0.25) is 14.4 Å². The molecule has 0 spiro atoms. The van der Waals surface area contributed by atoms with Gasteiger partial charge in [0.25, 0.3) is 5.91 Å². The van der Waals surface area contributed by atoms with Crippen LogP contribution in [0.5, 0.6) is 0 Å². The fraction of sp³-hybridized carbons (Fsp3) is 0.360. The van der Waals surface area contributed by atoms with Crippen LogP contribution in [0.2, 0.25) is 0 Å². The summed E-state index contributed by atoms with van der Waals surface area (Å²) in [5.41, 5.74) is 0.515. The maximum Gasteiger partial charge on any atom is 0.272 e. The molecule has 1 aliphatic rings. The van der Waals surface area contributed by atoms with E-state index in [9.17, 15) is 18.8 Å². The molecule has 2 heterocycles. The lowest BCUT2D eigenvalue weighted by molar-refractivity contribution is -0.117. The molecule has 3 rings (SSSR count). The number of nitrogens with one attached hydrogen (secondary N) is 1. The van der Waals surface area contributed by atoms with Crippen molar-refractivity contribution in [3.8, 4) is 12.3 Å². The lowest BCUT2D eigenvalue weighted by atomic mass is 9.76. The second kappa shape index (κ2) is 9.40. The molecular formula is C25H24FN3O4. The number of benzene rings is 1. The van der Waals surface area contributed by atoms with E-state index in [1.807, 2.05) is 0 Å². The van der Waals surface area contributed by atoms with Crippen molar-refractivity contribution >= 4 is 28.8 Å². The number of terminal acetylenes is 1. The standard InChI is InChI=1S/C25H24FN3O4/c1-6-25(9-11-33-12-10-25)14-20(30)23(31)21-15(2)22(29(5)16(21)3)24(32)28-17-7-8-18(26)19(13-17)27-4/h1,7-8,13H,9-12,14H2,2-3,5H3,(H,28,32). The van der Waals surface area contributed by atoms with Crippen molar-refractivity contribution < 1.29 is 23.5 Å². The summed E-state index contributed by atoms with van der Waals surface area (Å²) in [4.78, 5) is 42.1. The van der Waals surface area contributed by atoms with Gasteiger partial charge in [-0.2, -0.15) is 0 Å². The molecule has 1 aromatic heterocycles. The molecule has 1 amide bonds. The lowest BCUT2D eigenvalue weighted by Crippen LogP contribution is -2.33.